The molecule has 4 aliphatic rings. The van der Waals surface area contributed by atoms with E-state index in [0.29, 0.717) is 40.8 Å². The van der Waals surface area contributed by atoms with Gasteiger partial charge >= 0.3 is 17.9 Å². The Hall–Kier alpha value is -5.21. The Morgan fingerprint density at radius 1 is 1.13 bits per heavy atom. The minimum Gasteiger partial charge on any atom is -0.504 e. The molecule has 2 saturated heterocycles. The standard InChI is InChI=1S/C33H36N6O12S2/c1-15-19(13-39(7-2-3-8-39)9-6-37-12-18-16(28(37)45)4-5-21(40)27(18)44)26(32(49)50)38-29(46)17(30(38)53-15)10-22(41)25(20-14-52-33(34)35-20)36-51-23(31(47)48)11-24(42)43/h4-5,14-15,17,23,30H,2-3,6-13H2,1H3,(H6-,34,35,36,40,41,42,43,44,45,47,48,49,50)/p+1/t15-,17+,23-,30+/m0/s1. The molecule has 20 heteroatoms. The molecule has 0 spiro atoms. The summed E-state index contributed by atoms with van der Waals surface area (Å²) in [7, 11) is 0. The van der Waals surface area contributed by atoms with Crippen LogP contribution in [0.1, 0.15) is 54.2 Å². The molecule has 2 aromatic rings. The zero-order valence-electron chi connectivity index (χ0n) is 28.3. The number of rotatable bonds is 15. The summed E-state index contributed by atoms with van der Waals surface area (Å²) in [5.74, 6) is -7.62. The van der Waals surface area contributed by atoms with E-state index in [1.165, 1.54) is 34.2 Å². The number of hydrogen-bond donors (Lipinski definition) is 6. The fraction of sp³-hybridized carbons (Fsp3) is 0.455. The maximum atomic E-state index is 13.7. The van der Waals surface area contributed by atoms with Crippen LogP contribution in [-0.2, 0) is 35.4 Å². The second-order valence-corrected chi connectivity index (χ2v) is 15.7. The third kappa shape index (κ3) is 7.25. The van der Waals surface area contributed by atoms with Gasteiger partial charge < -0.3 is 45.5 Å². The lowest BCUT2D eigenvalue weighted by atomic mass is 9.88. The topological polar surface area (TPSA) is 271 Å². The van der Waals surface area contributed by atoms with Crippen molar-refractivity contribution in [1.29, 1.82) is 0 Å². The minimum atomic E-state index is -1.92. The number of phenolic OH excluding ortho intramolecular Hbond substituents is 2. The van der Waals surface area contributed by atoms with Crippen LogP contribution in [0.4, 0.5) is 5.13 Å². The van der Waals surface area contributed by atoms with Gasteiger partial charge in [-0.15, -0.1) is 23.1 Å². The molecule has 53 heavy (non-hydrogen) atoms. The summed E-state index contributed by atoms with van der Waals surface area (Å²) in [5, 5.41) is 53.1. The predicted molar refractivity (Wildman–Crippen MR) is 187 cm³/mol. The van der Waals surface area contributed by atoms with E-state index in [2.05, 4.69) is 10.1 Å². The third-order valence-corrected chi connectivity index (χ3v) is 12.3. The first-order chi connectivity index (χ1) is 25.1. The number of hydrogen-bond acceptors (Lipinski definition) is 14. The lowest BCUT2D eigenvalue weighted by Crippen LogP contribution is -2.63. The Morgan fingerprint density at radius 3 is 2.47 bits per heavy atom. The number of amides is 2. The van der Waals surface area contributed by atoms with Gasteiger partial charge in [0, 0.05) is 46.6 Å². The van der Waals surface area contributed by atoms with Gasteiger partial charge in [0.2, 0.25) is 12.0 Å². The molecule has 0 bridgehead atoms. The van der Waals surface area contributed by atoms with E-state index in [1.807, 2.05) is 6.92 Å². The number of β-lactam (4-membered cyclic amide) rings is 1. The summed E-state index contributed by atoms with van der Waals surface area (Å²) in [4.78, 5) is 87.7. The molecular weight excluding hydrogens is 737 g/mol. The summed E-state index contributed by atoms with van der Waals surface area (Å²) < 4.78 is 0.485. The van der Waals surface area contributed by atoms with Gasteiger partial charge in [0.25, 0.3) is 5.91 Å². The van der Waals surface area contributed by atoms with Crippen molar-refractivity contribution in [2.45, 2.75) is 55.9 Å². The van der Waals surface area contributed by atoms with E-state index in [-0.39, 0.29) is 45.7 Å². The van der Waals surface area contributed by atoms with Gasteiger partial charge in [-0.05, 0) is 19.1 Å². The van der Waals surface area contributed by atoms with Gasteiger partial charge in [0.1, 0.15) is 17.9 Å². The molecule has 2 fully saturated rings. The van der Waals surface area contributed by atoms with E-state index >= 15 is 0 Å². The Labute approximate surface area is 309 Å². The lowest BCUT2D eigenvalue weighted by Gasteiger charge is -2.51. The number of aromatic nitrogens is 1. The van der Waals surface area contributed by atoms with Crippen molar-refractivity contribution >= 4 is 69.4 Å². The van der Waals surface area contributed by atoms with Crippen molar-refractivity contribution in [3.63, 3.8) is 0 Å². The first kappa shape index (κ1) is 37.5. The van der Waals surface area contributed by atoms with Crippen molar-refractivity contribution in [3.05, 3.63) is 45.6 Å². The van der Waals surface area contributed by atoms with Crippen molar-refractivity contribution in [2.75, 3.05) is 38.5 Å². The Bertz CT molecular complexity index is 1960. The number of thiazole rings is 1. The van der Waals surface area contributed by atoms with Crippen molar-refractivity contribution in [3.8, 4) is 11.5 Å². The molecule has 0 saturated carbocycles. The molecule has 4 aliphatic heterocycles. The summed E-state index contributed by atoms with van der Waals surface area (Å²) in [6.45, 7) is 4.56. The zero-order chi connectivity index (χ0) is 38.4. The van der Waals surface area contributed by atoms with E-state index in [0.717, 1.165) is 37.3 Å². The van der Waals surface area contributed by atoms with Crippen molar-refractivity contribution < 1.29 is 63.6 Å². The van der Waals surface area contributed by atoms with Gasteiger partial charge in [0.05, 0.1) is 50.4 Å². The maximum absolute atomic E-state index is 13.7. The highest BCUT2D eigenvalue weighted by molar-refractivity contribution is 8.00. The predicted octanol–water partition coefficient (Wildman–Crippen LogP) is 1.27. The first-order valence-electron chi connectivity index (χ1n) is 16.7. The van der Waals surface area contributed by atoms with Crippen LogP contribution in [0.5, 0.6) is 11.5 Å². The fourth-order valence-corrected chi connectivity index (χ4v) is 9.37. The smallest absolute Gasteiger partial charge is 0.352 e. The molecule has 5 heterocycles. The van der Waals surface area contributed by atoms with Crippen molar-refractivity contribution in [1.82, 2.24) is 14.8 Å². The summed E-state index contributed by atoms with van der Waals surface area (Å²) in [5.41, 5.74) is 6.29. The minimum absolute atomic E-state index is 0.0577. The zero-order valence-corrected chi connectivity index (χ0v) is 30.0. The van der Waals surface area contributed by atoms with Crippen LogP contribution in [0.2, 0.25) is 0 Å². The monoisotopic (exact) mass is 773 g/mol. The highest BCUT2D eigenvalue weighted by Crippen LogP contribution is 2.49. The van der Waals surface area contributed by atoms with Gasteiger partial charge in [-0.1, -0.05) is 5.16 Å². The number of phenols is 2. The second-order valence-electron chi connectivity index (χ2n) is 13.4. The molecular formula is C33H37N6O12S2+. The Morgan fingerprint density at radius 2 is 1.85 bits per heavy atom. The third-order valence-electron chi connectivity index (χ3n) is 10.1. The van der Waals surface area contributed by atoms with Crippen LogP contribution in [0.25, 0.3) is 0 Å². The molecule has 0 radical (unpaired) electrons. The number of carbonyl (C=O) groups excluding carboxylic acids is 3. The number of aromatic hydroxyl groups is 2. The number of nitrogens with two attached hydrogens (primary N) is 1. The van der Waals surface area contributed by atoms with Gasteiger partial charge in [-0.25, -0.2) is 14.6 Å². The molecule has 1 aromatic heterocycles. The lowest BCUT2D eigenvalue weighted by molar-refractivity contribution is -0.911. The average molecular weight is 774 g/mol. The molecule has 2 amide bonds. The maximum Gasteiger partial charge on any atom is 0.352 e. The fourth-order valence-electron chi connectivity index (χ4n) is 7.32. The van der Waals surface area contributed by atoms with Crippen LogP contribution in [0.3, 0.4) is 0 Å². The van der Waals surface area contributed by atoms with Crippen LogP contribution in [0.15, 0.2) is 33.9 Å². The van der Waals surface area contributed by atoms with E-state index in [1.54, 1.807) is 4.90 Å². The summed E-state index contributed by atoms with van der Waals surface area (Å²) in [6, 6.07) is 2.75. The molecule has 0 aliphatic carbocycles. The molecule has 18 nitrogen and oxygen atoms in total. The van der Waals surface area contributed by atoms with E-state index in [9.17, 15) is 49.2 Å². The number of carboxylic acid groups (broad SMARTS) is 3. The number of aliphatic carboxylic acids is 3. The molecule has 0 unspecified atom stereocenters. The SMILES string of the molecule is C[C@@H]1S[C@@H]2[C@H](CC(=O)/C(=N\O[C@@H](CC(=O)O)C(=O)O)c3csc(N)n3)C(=O)N2C(C(=O)O)=C1C[N+]1(CCN2Cc3c(ccc(O)c3O)C2=O)CCCC1. The highest BCUT2D eigenvalue weighted by Gasteiger charge is 2.56. The number of nitrogens with zero attached hydrogens (tertiary/aromatic N) is 5. The Kier molecular flexibility index (Phi) is 10.4. The van der Waals surface area contributed by atoms with Crippen LogP contribution in [0, 0.1) is 5.92 Å². The van der Waals surface area contributed by atoms with Gasteiger partial charge in [-0.2, -0.15) is 0 Å². The number of carboxylic acids is 3. The average Bonchev–Trinajstić information content (AvgIpc) is 3.83. The second kappa shape index (κ2) is 14.7. The number of nitrogen functional groups attached to an aromatic ring is 1. The number of ketones is 1. The molecule has 4 atom stereocenters. The first-order valence-corrected chi connectivity index (χ1v) is 18.5. The van der Waals surface area contributed by atoms with E-state index < -0.39 is 65.5 Å². The van der Waals surface area contributed by atoms with Crippen LogP contribution >= 0.6 is 23.1 Å². The van der Waals surface area contributed by atoms with Crippen LogP contribution < -0.4 is 5.73 Å². The highest BCUT2D eigenvalue weighted by atomic mass is 32.2. The molecule has 282 valence electrons. The number of thioether (sulfide) groups is 1. The number of quaternary nitrogens is 1. The number of benzene rings is 1. The summed E-state index contributed by atoms with van der Waals surface area (Å²) in [6.07, 6.45) is -1.54. The number of carbonyl (C=O) groups is 6. The molecule has 1 aromatic carbocycles. The largest absolute Gasteiger partial charge is 0.504 e. The number of fused-ring (bicyclic) bond motifs is 2. The molecule has 7 N–H and O–H groups in total. The van der Waals surface area contributed by atoms with Crippen molar-refractivity contribution in [2.24, 2.45) is 11.1 Å². The summed E-state index contributed by atoms with van der Waals surface area (Å²) >= 11 is 2.30. The molecule has 6 rings (SSSR count). The van der Waals surface area contributed by atoms with Gasteiger partial charge in [-0.3, -0.25) is 24.1 Å². The van der Waals surface area contributed by atoms with E-state index in [4.69, 9.17) is 15.7 Å². The Balaban J connectivity index is 1.20. The number of likely N-dealkylation sites (tertiary alicyclic amines) is 1. The van der Waals surface area contributed by atoms with Gasteiger partial charge in [0.15, 0.2) is 28.1 Å². The number of Topliss-reactive ketones (excluding diaryl/α,β-unsaturated/α-hetero) is 1. The number of anilines is 1. The normalized spacial score (nSPS) is 22.7. The quantitative estimate of drug-likeness (QED) is 0.0489. The number of oxime groups is 1. The van der Waals surface area contributed by atoms with Crippen LogP contribution in [-0.4, -0.2) is 135 Å².